The molecule has 3 atom stereocenters. The van der Waals surface area contributed by atoms with Crippen molar-refractivity contribution in [2.75, 3.05) is 0 Å². The maximum absolute atomic E-state index is 2.48. The summed E-state index contributed by atoms with van der Waals surface area (Å²) in [6.45, 7) is 2.48. The topological polar surface area (TPSA) is 0 Å². The van der Waals surface area contributed by atoms with Gasteiger partial charge < -0.3 is 0 Å². The van der Waals surface area contributed by atoms with E-state index in [-0.39, 0.29) is 7.92 Å². The van der Waals surface area contributed by atoms with Crippen LogP contribution >= 0.6 is 7.92 Å². The number of rotatable bonds is 8. The van der Waals surface area contributed by atoms with Gasteiger partial charge in [-0.2, -0.15) is 0 Å². The van der Waals surface area contributed by atoms with E-state index in [0.29, 0.717) is 5.66 Å². The molecule has 0 heterocycles. The van der Waals surface area contributed by atoms with Crippen LogP contribution in [0.4, 0.5) is 0 Å². The van der Waals surface area contributed by atoms with Crippen molar-refractivity contribution < 1.29 is 0 Å². The Balaban J connectivity index is 1.65. The molecule has 1 heteroatoms. The van der Waals surface area contributed by atoms with Gasteiger partial charge in [0, 0.05) is 5.66 Å². The lowest BCUT2D eigenvalue weighted by Gasteiger charge is -2.32. The van der Waals surface area contributed by atoms with Crippen LogP contribution in [0.1, 0.15) is 55.0 Å². The van der Waals surface area contributed by atoms with Gasteiger partial charge in [0.05, 0.1) is 0 Å². The zero-order valence-electron chi connectivity index (χ0n) is 17.6. The van der Waals surface area contributed by atoms with E-state index in [0.717, 1.165) is 11.8 Å². The van der Waals surface area contributed by atoms with Crippen molar-refractivity contribution in [1.29, 1.82) is 0 Å². The summed E-state index contributed by atoms with van der Waals surface area (Å²) in [6, 6.07) is 33.7. The Labute approximate surface area is 178 Å². The molecule has 1 aliphatic carbocycles. The van der Waals surface area contributed by atoms with Gasteiger partial charge in [-0.25, -0.2) is 0 Å². The summed E-state index contributed by atoms with van der Waals surface area (Å²) in [4.78, 5) is 0. The first-order valence-electron chi connectivity index (χ1n) is 11.2. The molecular weight excluding hydrogens is 367 g/mol. The van der Waals surface area contributed by atoms with Gasteiger partial charge in [0.1, 0.15) is 0 Å². The van der Waals surface area contributed by atoms with Crippen molar-refractivity contribution in [3.05, 3.63) is 108 Å². The van der Waals surface area contributed by atoms with Crippen LogP contribution in [-0.4, -0.2) is 0 Å². The smallest absolute Gasteiger partial charge is 0.00505 e. The summed E-state index contributed by atoms with van der Waals surface area (Å²) < 4.78 is 0. The predicted octanol–water partition coefficient (Wildman–Crippen LogP) is 8.44. The van der Waals surface area contributed by atoms with Crippen molar-refractivity contribution in [1.82, 2.24) is 0 Å². The zero-order valence-corrected chi connectivity index (χ0v) is 18.5. The monoisotopic (exact) mass is 400 g/mol. The Hall–Kier alpha value is -1.91. The molecule has 29 heavy (non-hydrogen) atoms. The van der Waals surface area contributed by atoms with Crippen LogP contribution < -0.4 is 0 Å². The fourth-order valence-electron chi connectivity index (χ4n) is 4.94. The van der Waals surface area contributed by atoms with Crippen LogP contribution in [0.15, 0.2) is 91.0 Å². The molecular formula is C28H33P. The van der Waals surface area contributed by atoms with Crippen LogP contribution in [0.25, 0.3) is 0 Å². The van der Waals surface area contributed by atoms with E-state index in [2.05, 4.69) is 97.9 Å². The van der Waals surface area contributed by atoms with Crippen LogP contribution in [0.2, 0.25) is 0 Å². The van der Waals surface area contributed by atoms with Crippen LogP contribution in [0.5, 0.6) is 0 Å². The summed E-state index contributed by atoms with van der Waals surface area (Å²) in [5, 5.41) is 0. The van der Waals surface area contributed by atoms with Crippen molar-refractivity contribution >= 4 is 7.92 Å². The van der Waals surface area contributed by atoms with E-state index < -0.39 is 0 Å². The first-order valence-corrected chi connectivity index (χ1v) is 12.9. The zero-order chi connectivity index (χ0) is 19.9. The Morgan fingerprint density at radius 3 is 1.72 bits per heavy atom. The van der Waals surface area contributed by atoms with Gasteiger partial charge in [0.2, 0.25) is 0 Å². The third-order valence-corrected chi connectivity index (χ3v) is 9.58. The van der Waals surface area contributed by atoms with Crippen molar-refractivity contribution in [3.63, 3.8) is 0 Å². The van der Waals surface area contributed by atoms with E-state index >= 15 is 0 Å². The summed E-state index contributed by atoms with van der Waals surface area (Å²) in [5.74, 6) is 1.77. The molecule has 0 amide bonds. The van der Waals surface area contributed by atoms with Crippen molar-refractivity contribution in [2.45, 2.75) is 50.6 Å². The number of hydrogen-bond donors (Lipinski definition) is 0. The van der Waals surface area contributed by atoms with Gasteiger partial charge in [0.25, 0.3) is 0 Å². The highest BCUT2D eigenvalue weighted by atomic mass is 31.1. The lowest BCUT2D eigenvalue weighted by Crippen LogP contribution is -2.11. The lowest BCUT2D eigenvalue weighted by atomic mass is 9.91. The molecule has 150 valence electrons. The highest BCUT2D eigenvalue weighted by molar-refractivity contribution is 7.56. The summed E-state index contributed by atoms with van der Waals surface area (Å²) >= 11 is 0. The Kier molecular flexibility index (Phi) is 7.18. The molecule has 0 nitrogen and oxygen atoms in total. The third-order valence-electron chi connectivity index (χ3n) is 6.65. The quantitative estimate of drug-likeness (QED) is 0.333. The first kappa shape index (κ1) is 20.4. The molecule has 4 rings (SSSR count). The highest BCUT2D eigenvalue weighted by Gasteiger charge is 2.31. The molecule has 1 aliphatic rings. The maximum Gasteiger partial charge on any atom is 0.00505 e. The summed E-state index contributed by atoms with van der Waals surface area (Å²) in [7, 11) is -0.188. The Morgan fingerprint density at radius 1 is 0.724 bits per heavy atom. The second-order valence-electron chi connectivity index (χ2n) is 8.71. The molecule has 0 radical (unpaired) electrons. The van der Waals surface area contributed by atoms with E-state index in [1.807, 2.05) is 0 Å². The van der Waals surface area contributed by atoms with Gasteiger partial charge in [-0.1, -0.05) is 125 Å². The van der Waals surface area contributed by atoms with Crippen LogP contribution in [0, 0.1) is 11.8 Å². The standard InChI is InChI=1S/C28H33P/c1-23-12-11-19-27(23)20-28(26-17-9-4-10-18-26)29(21-24-13-5-2-6-14-24)22-25-15-7-3-8-16-25/h2-10,13-18,23,27-28H,11-12,19-22H2,1H3. The van der Waals surface area contributed by atoms with Gasteiger partial charge in [-0.05, 0) is 47.3 Å². The van der Waals surface area contributed by atoms with Crippen molar-refractivity contribution in [2.24, 2.45) is 11.8 Å². The first-order chi connectivity index (χ1) is 14.3. The average molecular weight is 401 g/mol. The fourth-order valence-corrected chi connectivity index (χ4v) is 8.02. The van der Waals surface area contributed by atoms with Gasteiger partial charge >= 0.3 is 0 Å². The molecule has 0 spiro atoms. The minimum Gasteiger partial charge on any atom is -0.0900 e. The molecule has 0 N–H and O–H groups in total. The molecule has 3 aromatic carbocycles. The lowest BCUT2D eigenvalue weighted by molar-refractivity contribution is 0.387. The minimum atomic E-state index is -0.188. The Bertz CT molecular complexity index is 802. The molecule has 3 aromatic rings. The van der Waals surface area contributed by atoms with Crippen molar-refractivity contribution in [3.8, 4) is 0 Å². The second kappa shape index (κ2) is 10.2. The SMILES string of the molecule is CC1CCCC1CC(c1ccccc1)P(Cc1ccccc1)Cc1ccccc1. The molecule has 0 bridgehead atoms. The second-order valence-corrected chi connectivity index (χ2v) is 11.1. The highest BCUT2D eigenvalue weighted by Crippen LogP contribution is 2.59. The van der Waals surface area contributed by atoms with Gasteiger partial charge in [-0.3, -0.25) is 0 Å². The normalized spacial score (nSPS) is 20.1. The Morgan fingerprint density at radius 2 is 1.24 bits per heavy atom. The fraction of sp³-hybridized carbons (Fsp3) is 0.357. The van der Waals surface area contributed by atoms with Crippen LogP contribution in [0.3, 0.4) is 0 Å². The third kappa shape index (κ3) is 5.58. The minimum absolute atomic E-state index is 0.188. The summed E-state index contributed by atoms with van der Waals surface area (Å²) in [6.07, 6.45) is 8.04. The largest absolute Gasteiger partial charge is 0.0900 e. The van der Waals surface area contributed by atoms with Gasteiger partial charge in [-0.15, -0.1) is 0 Å². The van der Waals surface area contributed by atoms with Gasteiger partial charge in [0.15, 0.2) is 0 Å². The number of hydrogen-bond acceptors (Lipinski definition) is 0. The molecule has 1 saturated carbocycles. The predicted molar refractivity (Wildman–Crippen MR) is 128 cm³/mol. The van der Waals surface area contributed by atoms with E-state index in [9.17, 15) is 0 Å². The van der Waals surface area contributed by atoms with E-state index in [4.69, 9.17) is 0 Å². The van der Waals surface area contributed by atoms with E-state index in [1.165, 1.54) is 49.1 Å². The molecule has 0 aromatic heterocycles. The maximum atomic E-state index is 2.48. The molecule has 3 unspecified atom stereocenters. The molecule has 0 saturated heterocycles. The van der Waals surface area contributed by atoms with Crippen LogP contribution in [-0.2, 0) is 12.3 Å². The molecule has 0 aliphatic heterocycles. The summed E-state index contributed by atoms with van der Waals surface area (Å²) in [5.41, 5.74) is 5.23. The average Bonchev–Trinajstić information content (AvgIpc) is 3.18. The van der Waals surface area contributed by atoms with E-state index in [1.54, 1.807) is 5.56 Å². The molecule has 1 fully saturated rings. The number of benzene rings is 3.